The van der Waals surface area contributed by atoms with Crippen molar-refractivity contribution in [1.29, 1.82) is 0 Å². The number of aromatic nitrogens is 1. The summed E-state index contributed by atoms with van der Waals surface area (Å²) in [7, 11) is 1.99. The number of benzene rings is 1. The standard InChI is InChI=1S/C15H17NO/c1-16-13-9-5-4-8-12(13)10-14(16)15(17)11-6-2-3-7-11/h4-5,8-11H,2-3,6-7H2,1H3. The first-order valence-corrected chi connectivity index (χ1v) is 6.36. The van der Waals surface area contributed by atoms with Gasteiger partial charge in [-0.05, 0) is 25.0 Å². The van der Waals surface area contributed by atoms with Crippen molar-refractivity contribution >= 4 is 16.7 Å². The number of aryl methyl sites for hydroxylation is 1. The topological polar surface area (TPSA) is 22.0 Å². The second-order valence-electron chi connectivity index (χ2n) is 4.99. The number of ketones is 1. The quantitative estimate of drug-likeness (QED) is 0.719. The van der Waals surface area contributed by atoms with Crippen LogP contribution < -0.4 is 0 Å². The molecule has 1 saturated carbocycles. The summed E-state index contributed by atoms with van der Waals surface area (Å²) < 4.78 is 2.04. The van der Waals surface area contributed by atoms with Crippen LogP contribution in [0.5, 0.6) is 0 Å². The monoisotopic (exact) mass is 227 g/mol. The van der Waals surface area contributed by atoms with E-state index < -0.39 is 0 Å². The minimum Gasteiger partial charge on any atom is -0.341 e. The van der Waals surface area contributed by atoms with E-state index in [2.05, 4.69) is 12.1 Å². The molecule has 88 valence electrons. The van der Waals surface area contributed by atoms with E-state index in [0.717, 1.165) is 29.4 Å². The molecule has 1 heterocycles. The fourth-order valence-electron chi connectivity index (χ4n) is 2.92. The number of carbonyl (C=O) groups excluding carboxylic acids is 1. The van der Waals surface area contributed by atoms with Crippen LogP contribution in [0, 0.1) is 5.92 Å². The number of Topliss-reactive ketones (excluding diaryl/α,β-unsaturated/α-hetero) is 1. The van der Waals surface area contributed by atoms with Gasteiger partial charge in [0.2, 0.25) is 0 Å². The Morgan fingerprint density at radius 1 is 1.24 bits per heavy atom. The Morgan fingerprint density at radius 2 is 1.94 bits per heavy atom. The number of nitrogens with zero attached hydrogens (tertiary/aromatic N) is 1. The van der Waals surface area contributed by atoms with Crippen LogP contribution in [0.3, 0.4) is 0 Å². The largest absolute Gasteiger partial charge is 0.341 e. The maximum absolute atomic E-state index is 12.4. The number of hydrogen-bond donors (Lipinski definition) is 0. The van der Waals surface area contributed by atoms with Crippen molar-refractivity contribution < 1.29 is 4.79 Å². The van der Waals surface area contributed by atoms with E-state index in [0.29, 0.717) is 5.78 Å². The van der Waals surface area contributed by atoms with Gasteiger partial charge < -0.3 is 4.57 Å². The number of para-hydroxylation sites is 1. The predicted octanol–water partition coefficient (Wildman–Crippen LogP) is 3.55. The third-order valence-corrected chi connectivity index (χ3v) is 3.93. The van der Waals surface area contributed by atoms with Gasteiger partial charge in [-0.15, -0.1) is 0 Å². The smallest absolute Gasteiger partial charge is 0.182 e. The molecule has 0 spiro atoms. The molecule has 1 fully saturated rings. The molecule has 2 aromatic rings. The maximum Gasteiger partial charge on any atom is 0.182 e. The second-order valence-corrected chi connectivity index (χ2v) is 4.99. The van der Waals surface area contributed by atoms with E-state index in [1.165, 1.54) is 12.8 Å². The Morgan fingerprint density at radius 3 is 2.65 bits per heavy atom. The Labute approximate surface area is 101 Å². The van der Waals surface area contributed by atoms with Crippen molar-refractivity contribution in [3.05, 3.63) is 36.0 Å². The third kappa shape index (κ3) is 1.68. The number of fused-ring (bicyclic) bond motifs is 1. The van der Waals surface area contributed by atoms with Crippen molar-refractivity contribution in [2.24, 2.45) is 13.0 Å². The van der Waals surface area contributed by atoms with E-state index >= 15 is 0 Å². The lowest BCUT2D eigenvalue weighted by Gasteiger charge is -2.08. The molecule has 2 heteroatoms. The van der Waals surface area contributed by atoms with Crippen molar-refractivity contribution in [1.82, 2.24) is 4.57 Å². The predicted molar refractivity (Wildman–Crippen MR) is 69.2 cm³/mol. The molecule has 17 heavy (non-hydrogen) atoms. The molecule has 1 aromatic heterocycles. The van der Waals surface area contributed by atoms with Gasteiger partial charge in [-0.25, -0.2) is 0 Å². The normalized spacial score (nSPS) is 16.8. The average Bonchev–Trinajstić information content (AvgIpc) is 2.97. The van der Waals surface area contributed by atoms with Gasteiger partial charge in [0.15, 0.2) is 5.78 Å². The van der Waals surface area contributed by atoms with E-state index in [-0.39, 0.29) is 5.92 Å². The van der Waals surface area contributed by atoms with Crippen LogP contribution in [-0.2, 0) is 7.05 Å². The highest BCUT2D eigenvalue weighted by Crippen LogP contribution is 2.29. The lowest BCUT2D eigenvalue weighted by atomic mass is 10.00. The van der Waals surface area contributed by atoms with Gasteiger partial charge in [0.1, 0.15) is 0 Å². The first-order valence-electron chi connectivity index (χ1n) is 6.36. The second kappa shape index (κ2) is 4.02. The maximum atomic E-state index is 12.4. The summed E-state index contributed by atoms with van der Waals surface area (Å²) in [6.07, 6.45) is 4.56. The SMILES string of the molecule is Cn1c(C(=O)C2CCCC2)cc2ccccc21. The Balaban J connectivity index is 2.05. The lowest BCUT2D eigenvalue weighted by molar-refractivity contribution is 0.0915. The van der Waals surface area contributed by atoms with Gasteiger partial charge >= 0.3 is 0 Å². The van der Waals surface area contributed by atoms with Gasteiger partial charge in [-0.1, -0.05) is 31.0 Å². The van der Waals surface area contributed by atoms with E-state index in [1.807, 2.05) is 29.8 Å². The van der Waals surface area contributed by atoms with Crippen LogP contribution in [0.25, 0.3) is 10.9 Å². The zero-order valence-electron chi connectivity index (χ0n) is 10.1. The fourth-order valence-corrected chi connectivity index (χ4v) is 2.92. The van der Waals surface area contributed by atoms with Crippen LogP contribution in [0.2, 0.25) is 0 Å². The molecule has 0 radical (unpaired) electrons. The third-order valence-electron chi connectivity index (χ3n) is 3.93. The number of carbonyl (C=O) groups is 1. The summed E-state index contributed by atoms with van der Waals surface area (Å²) in [4.78, 5) is 12.4. The summed E-state index contributed by atoms with van der Waals surface area (Å²) in [6.45, 7) is 0. The molecule has 2 nitrogen and oxygen atoms in total. The van der Waals surface area contributed by atoms with Crippen LogP contribution in [0.4, 0.5) is 0 Å². The molecule has 1 aliphatic carbocycles. The van der Waals surface area contributed by atoms with Crippen LogP contribution >= 0.6 is 0 Å². The minimum absolute atomic E-state index is 0.262. The highest BCUT2D eigenvalue weighted by atomic mass is 16.1. The average molecular weight is 227 g/mol. The molecular weight excluding hydrogens is 210 g/mol. The van der Waals surface area contributed by atoms with Crippen molar-refractivity contribution in [3.63, 3.8) is 0 Å². The zero-order valence-corrected chi connectivity index (χ0v) is 10.1. The highest BCUT2D eigenvalue weighted by molar-refractivity contribution is 6.01. The van der Waals surface area contributed by atoms with Gasteiger partial charge in [-0.3, -0.25) is 4.79 Å². The molecular formula is C15H17NO. The molecule has 0 aliphatic heterocycles. The highest BCUT2D eigenvalue weighted by Gasteiger charge is 2.25. The lowest BCUT2D eigenvalue weighted by Crippen LogP contribution is -2.14. The van der Waals surface area contributed by atoms with Crippen molar-refractivity contribution in [3.8, 4) is 0 Å². The molecule has 0 bridgehead atoms. The van der Waals surface area contributed by atoms with Gasteiger partial charge in [0, 0.05) is 23.9 Å². The van der Waals surface area contributed by atoms with E-state index in [9.17, 15) is 4.79 Å². The number of hydrogen-bond acceptors (Lipinski definition) is 1. The summed E-state index contributed by atoms with van der Waals surface area (Å²) in [6, 6.07) is 10.2. The fraction of sp³-hybridized carbons (Fsp3) is 0.400. The molecule has 0 atom stereocenters. The molecule has 0 saturated heterocycles. The summed E-state index contributed by atoms with van der Waals surface area (Å²) in [5.41, 5.74) is 2.02. The number of rotatable bonds is 2. The summed E-state index contributed by atoms with van der Waals surface area (Å²) in [5.74, 6) is 0.596. The molecule has 1 aliphatic rings. The van der Waals surface area contributed by atoms with E-state index in [1.54, 1.807) is 0 Å². The molecule has 0 unspecified atom stereocenters. The summed E-state index contributed by atoms with van der Waals surface area (Å²) in [5, 5.41) is 1.16. The molecule has 0 amide bonds. The Bertz CT molecular complexity index is 561. The van der Waals surface area contributed by atoms with Gasteiger partial charge in [0.25, 0.3) is 0 Å². The Kier molecular flexibility index (Phi) is 2.50. The molecule has 3 rings (SSSR count). The molecule has 0 N–H and O–H groups in total. The van der Waals surface area contributed by atoms with Gasteiger partial charge in [-0.2, -0.15) is 0 Å². The Hall–Kier alpha value is -1.57. The van der Waals surface area contributed by atoms with Crippen LogP contribution in [0.15, 0.2) is 30.3 Å². The van der Waals surface area contributed by atoms with Crippen molar-refractivity contribution in [2.45, 2.75) is 25.7 Å². The first-order chi connectivity index (χ1) is 8.27. The summed E-state index contributed by atoms with van der Waals surface area (Å²) >= 11 is 0. The van der Waals surface area contributed by atoms with Crippen LogP contribution in [0.1, 0.15) is 36.2 Å². The van der Waals surface area contributed by atoms with E-state index in [4.69, 9.17) is 0 Å². The minimum atomic E-state index is 0.262. The van der Waals surface area contributed by atoms with Crippen LogP contribution in [-0.4, -0.2) is 10.4 Å². The zero-order chi connectivity index (χ0) is 11.8. The van der Waals surface area contributed by atoms with Gasteiger partial charge in [0.05, 0.1) is 5.69 Å². The first kappa shape index (κ1) is 10.6. The molecule has 1 aromatic carbocycles. The van der Waals surface area contributed by atoms with Crippen molar-refractivity contribution in [2.75, 3.05) is 0 Å².